The molecule has 3 rings (SSSR count). The predicted molar refractivity (Wildman–Crippen MR) is 125 cm³/mol. The van der Waals surface area contributed by atoms with Crippen LogP contribution in [0.4, 0.5) is 5.69 Å². The third kappa shape index (κ3) is 7.09. The van der Waals surface area contributed by atoms with Crippen LogP contribution < -0.4 is 10.9 Å². The maximum atomic E-state index is 12.1. The first-order valence-electron chi connectivity index (χ1n) is 9.04. The lowest BCUT2D eigenvalue weighted by atomic mass is 10.1. The van der Waals surface area contributed by atoms with E-state index in [9.17, 15) is 14.9 Å². The number of hydrazine groups is 1. The Morgan fingerprint density at radius 1 is 1.06 bits per heavy atom. The molecule has 11 heteroatoms. The second-order valence-corrected chi connectivity index (χ2v) is 9.77. The molecule has 31 heavy (non-hydrogen) atoms. The highest BCUT2D eigenvalue weighted by atomic mass is 32.2. The molecule has 2 N–H and O–H groups in total. The molecule has 0 bridgehead atoms. The summed E-state index contributed by atoms with van der Waals surface area (Å²) in [5, 5.41) is 19.0. The van der Waals surface area contributed by atoms with Gasteiger partial charge in [0.2, 0.25) is 5.91 Å². The van der Waals surface area contributed by atoms with Crippen LogP contribution in [0, 0.1) is 17.0 Å². The molecule has 160 valence electrons. The first-order valence-corrected chi connectivity index (χ1v) is 11.8. The number of nitro benzene ring substituents is 1. The molecule has 2 aromatic carbocycles. The number of aromatic nitrogens is 2. The molecule has 0 unspecified atom stereocenters. The van der Waals surface area contributed by atoms with Crippen molar-refractivity contribution in [2.24, 2.45) is 0 Å². The third-order valence-electron chi connectivity index (χ3n) is 3.98. The molecule has 0 aliphatic carbocycles. The van der Waals surface area contributed by atoms with Gasteiger partial charge in [-0.05, 0) is 30.2 Å². The maximum Gasteiger partial charge on any atom is 0.269 e. The molecule has 0 aliphatic rings. The van der Waals surface area contributed by atoms with E-state index in [4.69, 9.17) is 0 Å². The van der Waals surface area contributed by atoms with E-state index in [-0.39, 0.29) is 17.3 Å². The van der Waals surface area contributed by atoms with Crippen LogP contribution in [-0.2, 0) is 10.5 Å². The second-order valence-electron chi connectivity index (χ2n) is 6.35. The highest BCUT2D eigenvalue weighted by molar-refractivity contribution is 8.03. The van der Waals surface area contributed by atoms with Crippen molar-refractivity contribution in [2.45, 2.75) is 21.4 Å². The van der Waals surface area contributed by atoms with Gasteiger partial charge in [0.1, 0.15) is 0 Å². The molecule has 0 aliphatic heterocycles. The fourth-order valence-corrected chi connectivity index (χ4v) is 5.08. The number of carbonyl (C=O) groups excluding carboxylic acids is 1. The summed E-state index contributed by atoms with van der Waals surface area (Å²) in [6.45, 7) is 5.88. The first-order chi connectivity index (χ1) is 14.9. The summed E-state index contributed by atoms with van der Waals surface area (Å²) >= 11 is 4.37. The molecule has 0 saturated heterocycles. The first kappa shape index (κ1) is 22.8. The van der Waals surface area contributed by atoms with E-state index in [0.717, 1.165) is 14.4 Å². The van der Waals surface area contributed by atoms with E-state index in [2.05, 4.69) is 58.8 Å². The molecule has 0 radical (unpaired) electrons. The largest absolute Gasteiger partial charge is 0.299 e. The fourth-order valence-electron chi connectivity index (χ4n) is 2.31. The Labute approximate surface area is 191 Å². The number of rotatable bonds is 10. The molecular formula is C20H19N5O3S3. The average molecular weight is 474 g/mol. The van der Waals surface area contributed by atoms with Gasteiger partial charge in [0.15, 0.2) is 8.68 Å². The highest BCUT2D eigenvalue weighted by Crippen LogP contribution is 2.30. The van der Waals surface area contributed by atoms with Crippen molar-refractivity contribution >= 4 is 52.2 Å². The summed E-state index contributed by atoms with van der Waals surface area (Å²) in [5.41, 5.74) is 8.78. The van der Waals surface area contributed by atoms with Crippen LogP contribution in [0.25, 0.3) is 5.70 Å². The fraction of sp³-hybridized carbons (Fsp3) is 0.150. The lowest BCUT2D eigenvalue weighted by molar-refractivity contribution is -0.384. The average Bonchev–Trinajstić information content (AvgIpc) is 3.23. The Morgan fingerprint density at radius 3 is 2.35 bits per heavy atom. The van der Waals surface area contributed by atoms with E-state index < -0.39 is 4.92 Å². The predicted octanol–water partition coefficient (Wildman–Crippen LogP) is 4.43. The van der Waals surface area contributed by atoms with Crippen molar-refractivity contribution in [3.05, 3.63) is 81.9 Å². The number of nitrogens with zero attached hydrogens (tertiary/aromatic N) is 3. The molecule has 0 spiro atoms. The van der Waals surface area contributed by atoms with Crippen molar-refractivity contribution in [2.75, 3.05) is 5.75 Å². The van der Waals surface area contributed by atoms with Crippen molar-refractivity contribution < 1.29 is 9.72 Å². The van der Waals surface area contributed by atoms with E-state index in [1.54, 1.807) is 23.9 Å². The van der Waals surface area contributed by atoms with E-state index in [1.807, 2.05) is 0 Å². The number of hydrogen-bond acceptors (Lipinski definition) is 9. The van der Waals surface area contributed by atoms with Gasteiger partial charge < -0.3 is 0 Å². The van der Waals surface area contributed by atoms with E-state index in [0.29, 0.717) is 11.3 Å². The van der Waals surface area contributed by atoms with Crippen LogP contribution >= 0.6 is 34.9 Å². The molecule has 3 aromatic rings. The van der Waals surface area contributed by atoms with Crippen molar-refractivity contribution in [3.8, 4) is 0 Å². The van der Waals surface area contributed by atoms with Crippen molar-refractivity contribution in [1.29, 1.82) is 0 Å². The smallest absolute Gasteiger partial charge is 0.269 e. The Hall–Kier alpha value is -2.89. The Kier molecular flexibility index (Phi) is 8.04. The number of nitro groups is 1. The van der Waals surface area contributed by atoms with Gasteiger partial charge in [-0.1, -0.05) is 71.3 Å². The van der Waals surface area contributed by atoms with Crippen LogP contribution in [0.15, 0.2) is 63.8 Å². The number of amides is 1. The zero-order valence-corrected chi connectivity index (χ0v) is 19.0. The molecule has 8 nitrogen and oxygen atoms in total. The van der Waals surface area contributed by atoms with Gasteiger partial charge in [-0.2, -0.15) is 0 Å². The van der Waals surface area contributed by atoms with Gasteiger partial charge in [-0.3, -0.25) is 25.8 Å². The number of aryl methyl sites for hydroxylation is 1. The molecule has 0 atom stereocenters. The van der Waals surface area contributed by atoms with Crippen LogP contribution in [0.5, 0.6) is 0 Å². The second kappa shape index (κ2) is 10.9. The lowest BCUT2D eigenvalue weighted by Gasteiger charge is -2.10. The molecule has 0 saturated carbocycles. The standard InChI is InChI=1S/C20H19N5O3S3/c1-13-3-5-15(6-4-13)11-29-19-23-24-20(31-19)30-12-18(26)22-21-14(2)16-7-9-17(10-8-16)25(27)28/h3-10,21H,2,11-12H2,1H3,(H,22,26). The minimum absolute atomic E-state index is 0.00885. The van der Waals surface area contributed by atoms with Gasteiger partial charge in [0.05, 0.1) is 16.4 Å². The number of nitrogens with one attached hydrogen (secondary N) is 2. The van der Waals surface area contributed by atoms with Crippen molar-refractivity contribution in [3.63, 3.8) is 0 Å². The number of non-ortho nitro benzene ring substituents is 1. The number of benzene rings is 2. The summed E-state index contributed by atoms with van der Waals surface area (Å²) in [7, 11) is 0. The molecule has 0 fully saturated rings. The van der Waals surface area contributed by atoms with E-state index >= 15 is 0 Å². The summed E-state index contributed by atoms with van der Waals surface area (Å²) < 4.78 is 1.57. The van der Waals surface area contributed by atoms with Crippen molar-refractivity contribution in [1.82, 2.24) is 21.0 Å². The molecular weight excluding hydrogens is 454 g/mol. The number of carbonyl (C=O) groups is 1. The quantitative estimate of drug-likeness (QED) is 0.253. The van der Waals surface area contributed by atoms with E-state index in [1.165, 1.54) is 46.4 Å². The Morgan fingerprint density at radius 2 is 1.71 bits per heavy atom. The minimum atomic E-state index is -0.473. The van der Waals surface area contributed by atoms with Gasteiger partial charge in [-0.15, -0.1) is 10.2 Å². The van der Waals surface area contributed by atoms with Crippen LogP contribution in [0.2, 0.25) is 0 Å². The van der Waals surface area contributed by atoms with Crippen LogP contribution in [-0.4, -0.2) is 26.8 Å². The summed E-state index contributed by atoms with van der Waals surface area (Å²) in [6, 6.07) is 14.2. The topological polar surface area (TPSA) is 110 Å². The number of thioether (sulfide) groups is 2. The highest BCUT2D eigenvalue weighted by Gasteiger charge is 2.10. The summed E-state index contributed by atoms with van der Waals surface area (Å²) in [5.74, 6) is 0.726. The van der Waals surface area contributed by atoms with Crippen LogP contribution in [0.1, 0.15) is 16.7 Å². The van der Waals surface area contributed by atoms with Gasteiger partial charge in [0.25, 0.3) is 5.69 Å². The maximum absolute atomic E-state index is 12.1. The summed E-state index contributed by atoms with van der Waals surface area (Å²) in [4.78, 5) is 22.3. The zero-order valence-electron chi connectivity index (χ0n) is 16.5. The molecule has 1 aromatic heterocycles. The Balaban J connectivity index is 1.40. The van der Waals surface area contributed by atoms with Gasteiger partial charge in [-0.25, -0.2) is 0 Å². The van der Waals surface area contributed by atoms with Crippen LogP contribution in [0.3, 0.4) is 0 Å². The van der Waals surface area contributed by atoms with Gasteiger partial charge in [0, 0.05) is 17.9 Å². The molecule has 1 heterocycles. The minimum Gasteiger partial charge on any atom is -0.299 e. The monoisotopic (exact) mass is 473 g/mol. The number of hydrogen-bond donors (Lipinski definition) is 2. The lowest BCUT2D eigenvalue weighted by Crippen LogP contribution is -2.37. The Bertz CT molecular complexity index is 1070. The third-order valence-corrected chi connectivity index (χ3v) is 7.24. The summed E-state index contributed by atoms with van der Waals surface area (Å²) in [6.07, 6.45) is 0. The zero-order chi connectivity index (χ0) is 22.2. The molecule has 1 amide bonds. The van der Waals surface area contributed by atoms with Gasteiger partial charge >= 0.3 is 0 Å². The SMILES string of the molecule is C=C(NNC(=O)CSc1nnc(SCc2ccc(C)cc2)s1)c1ccc([N+](=O)[O-])cc1. The normalized spacial score (nSPS) is 10.5.